The molecule has 1 amide bonds. The number of hydrogen-bond donors (Lipinski definition) is 0. The number of carbonyl (C=O) groups is 1. The van der Waals surface area contributed by atoms with Crippen molar-refractivity contribution < 1.29 is 9.18 Å². The van der Waals surface area contributed by atoms with Crippen molar-refractivity contribution in [3.63, 3.8) is 0 Å². The Bertz CT molecular complexity index is 717. The molecule has 5 nitrogen and oxygen atoms in total. The first kappa shape index (κ1) is 15.6. The minimum atomic E-state index is -0.418. The second kappa shape index (κ2) is 6.16. The van der Waals surface area contributed by atoms with Gasteiger partial charge in [-0.15, -0.1) is 0 Å². The van der Waals surface area contributed by atoms with Gasteiger partial charge < -0.3 is 4.90 Å². The van der Waals surface area contributed by atoms with Crippen LogP contribution in [-0.2, 0) is 11.2 Å². The van der Waals surface area contributed by atoms with Gasteiger partial charge in [0.05, 0.1) is 24.9 Å². The van der Waals surface area contributed by atoms with Crippen molar-refractivity contribution in [3.8, 4) is 0 Å². The lowest BCUT2D eigenvalue weighted by Gasteiger charge is -2.38. The number of piperidine rings is 1. The maximum absolute atomic E-state index is 14.0. The van der Waals surface area contributed by atoms with Crippen molar-refractivity contribution in [3.05, 3.63) is 47.0 Å². The van der Waals surface area contributed by atoms with E-state index in [0.29, 0.717) is 10.6 Å². The molecule has 2 aliphatic heterocycles. The summed E-state index contributed by atoms with van der Waals surface area (Å²) in [5.41, 5.74) is 0.291. The van der Waals surface area contributed by atoms with Gasteiger partial charge in [-0.25, -0.2) is 4.39 Å². The fraction of sp³-hybridized carbons (Fsp3) is 0.471. The lowest BCUT2D eigenvalue weighted by molar-refractivity contribution is -0.135. The highest BCUT2D eigenvalue weighted by molar-refractivity contribution is 6.31. The Balaban J connectivity index is 1.50. The number of carbonyl (C=O) groups excluding carboxylic acids is 1. The zero-order valence-corrected chi connectivity index (χ0v) is 13.9. The predicted molar refractivity (Wildman–Crippen MR) is 87.1 cm³/mol. The summed E-state index contributed by atoms with van der Waals surface area (Å²) < 4.78 is 14.0. The molecule has 24 heavy (non-hydrogen) atoms. The Morgan fingerprint density at radius 1 is 1.17 bits per heavy atom. The van der Waals surface area contributed by atoms with Crippen LogP contribution in [0.2, 0.25) is 5.02 Å². The maximum atomic E-state index is 14.0. The third kappa shape index (κ3) is 2.69. The molecule has 126 valence electrons. The van der Waals surface area contributed by atoms with Crippen LogP contribution in [0, 0.1) is 5.82 Å². The van der Waals surface area contributed by atoms with E-state index in [1.54, 1.807) is 29.3 Å². The quantitative estimate of drug-likeness (QED) is 0.856. The van der Waals surface area contributed by atoms with E-state index in [1.165, 1.54) is 6.07 Å². The molecular weight excluding hydrogens is 331 g/mol. The van der Waals surface area contributed by atoms with Crippen LogP contribution < -0.4 is 0 Å². The average molecular weight is 349 g/mol. The number of nitrogens with zero attached hydrogens (tertiary/aromatic N) is 4. The van der Waals surface area contributed by atoms with Crippen molar-refractivity contribution in [2.45, 2.75) is 50.2 Å². The second-order valence-electron chi connectivity index (χ2n) is 6.54. The third-order valence-electron chi connectivity index (χ3n) is 5.15. The number of hydrogen-bond acceptors (Lipinski definition) is 3. The van der Waals surface area contributed by atoms with E-state index < -0.39 is 5.82 Å². The number of aromatic nitrogens is 3. The normalized spacial score (nSPS) is 25.9. The van der Waals surface area contributed by atoms with Crippen LogP contribution in [0.25, 0.3) is 0 Å². The molecule has 1 aromatic carbocycles. The Morgan fingerprint density at radius 3 is 2.46 bits per heavy atom. The lowest BCUT2D eigenvalue weighted by Crippen LogP contribution is -2.47. The first-order valence-electron chi connectivity index (χ1n) is 8.23. The first-order chi connectivity index (χ1) is 11.6. The van der Waals surface area contributed by atoms with E-state index in [-0.39, 0.29) is 30.5 Å². The van der Waals surface area contributed by atoms with Crippen LogP contribution >= 0.6 is 11.6 Å². The summed E-state index contributed by atoms with van der Waals surface area (Å²) in [5, 5.41) is 8.78. The Labute approximate surface area is 144 Å². The van der Waals surface area contributed by atoms with E-state index in [2.05, 4.69) is 10.2 Å². The minimum absolute atomic E-state index is 0.0171. The summed E-state index contributed by atoms with van der Waals surface area (Å²) >= 11 is 6.06. The van der Waals surface area contributed by atoms with Gasteiger partial charge in [0, 0.05) is 22.7 Å². The molecular formula is C17H18ClFN4O. The number of benzene rings is 1. The molecule has 0 aliphatic carbocycles. The van der Waals surface area contributed by atoms with Crippen LogP contribution in [0.5, 0.6) is 0 Å². The fourth-order valence-corrected chi connectivity index (χ4v) is 4.33. The maximum Gasteiger partial charge on any atom is 0.227 e. The van der Waals surface area contributed by atoms with Crippen LogP contribution in [0.4, 0.5) is 4.39 Å². The van der Waals surface area contributed by atoms with E-state index in [9.17, 15) is 9.18 Å². The molecule has 0 radical (unpaired) electrons. The van der Waals surface area contributed by atoms with Crippen molar-refractivity contribution in [1.29, 1.82) is 0 Å². The standard InChI is InChI=1S/C17H18ClFN4O/c18-15-2-1-3-16(19)14(15)10-17(24)22-11-4-5-12(22)9-13(8-11)23-20-6-7-21-23/h1-3,6-7,11-13H,4-5,8-10H2. The smallest absolute Gasteiger partial charge is 0.227 e. The number of halogens is 2. The largest absolute Gasteiger partial charge is 0.336 e. The molecule has 2 aliphatic rings. The highest BCUT2D eigenvalue weighted by atomic mass is 35.5. The molecule has 3 heterocycles. The van der Waals surface area contributed by atoms with Gasteiger partial charge in [0.1, 0.15) is 5.82 Å². The van der Waals surface area contributed by atoms with Gasteiger partial charge in [-0.3, -0.25) is 4.79 Å². The first-order valence-corrected chi connectivity index (χ1v) is 8.61. The molecule has 0 saturated carbocycles. The summed E-state index contributed by atoms with van der Waals surface area (Å²) in [7, 11) is 0. The minimum Gasteiger partial charge on any atom is -0.336 e. The van der Waals surface area contributed by atoms with Gasteiger partial charge >= 0.3 is 0 Å². The van der Waals surface area contributed by atoms with Gasteiger partial charge in [-0.1, -0.05) is 17.7 Å². The van der Waals surface area contributed by atoms with E-state index >= 15 is 0 Å². The number of rotatable bonds is 3. The second-order valence-corrected chi connectivity index (χ2v) is 6.94. The number of fused-ring (bicyclic) bond motifs is 2. The van der Waals surface area contributed by atoms with Gasteiger partial charge in [0.15, 0.2) is 0 Å². The fourth-order valence-electron chi connectivity index (χ4n) is 4.10. The zero-order valence-electron chi connectivity index (χ0n) is 13.1. The molecule has 2 fully saturated rings. The SMILES string of the molecule is O=C(Cc1c(F)cccc1Cl)N1C2CCC1CC(n1nccn1)C2. The Hall–Kier alpha value is -1.95. The van der Waals surface area contributed by atoms with Gasteiger partial charge in [0.2, 0.25) is 5.91 Å². The van der Waals surface area contributed by atoms with Crippen LogP contribution in [0.15, 0.2) is 30.6 Å². The molecule has 1 aromatic heterocycles. The highest BCUT2D eigenvalue weighted by Gasteiger charge is 2.44. The van der Waals surface area contributed by atoms with Gasteiger partial charge in [0.25, 0.3) is 0 Å². The summed E-state index contributed by atoms with van der Waals surface area (Å²) in [6.07, 6.45) is 7.05. The average Bonchev–Trinajstić information content (AvgIpc) is 3.18. The zero-order chi connectivity index (χ0) is 16.7. The Morgan fingerprint density at radius 2 is 1.83 bits per heavy atom. The van der Waals surface area contributed by atoms with E-state index in [4.69, 9.17) is 11.6 Å². The monoisotopic (exact) mass is 348 g/mol. The molecule has 0 N–H and O–H groups in total. The van der Waals surface area contributed by atoms with Crippen molar-refractivity contribution in [2.75, 3.05) is 0 Å². The van der Waals surface area contributed by atoms with Crippen LogP contribution in [0.3, 0.4) is 0 Å². The summed E-state index contributed by atoms with van der Waals surface area (Å²) in [6.45, 7) is 0. The van der Waals surface area contributed by atoms with Crippen LogP contribution in [0.1, 0.15) is 37.3 Å². The van der Waals surface area contributed by atoms with Gasteiger partial charge in [-0.2, -0.15) is 15.0 Å². The summed E-state index contributed by atoms with van der Waals surface area (Å²) in [5.74, 6) is -0.458. The predicted octanol–water partition coefficient (Wildman–Crippen LogP) is 3.01. The van der Waals surface area contributed by atoms with Crippen molar-refractivity contribution >= 4 is 17.5 Å². The van der Waals surface area contributed by atoms with E-state index in [0.717, 1.165) is 25.7 Å². The highest BCUT2D eigenvalue weighted by Crippen LogP contribution is 2.40. The molecule has 2 unspecified atom stereocenters. The van der Waals surface area contributed by atoms with Crippen LogP contribution in [-0.4, -0.2) is 37.9 Å². The summed E-state index contributed by atoms with van der Waals surface area (Å²) in [4.78, 5) is 16.5. The molecule has 2 atom stereocenters. The van der Waals surface area contributed by atoms with Crippen molar-refractivity contribution in [1.82, 2.24) is 19.9 Å². The topological polar surface area (TPSA) is 51.0 Å². The third-order valence-corrected chi connectivity index (χ3v) is 5.50. The van der Waals surface area contributed by atoms with Crippen molar-refractivity contribution in [2.24, 2.45) is 0 Å². The van der Waals surface area contributed by atoms with Gasteiger partial charge in [-0.05, 0) is 37.8 Å². The Kier molecular flexibility index (Phi) is 4.00. The molecule has 0 spiro atoms. The molecule has 2 bridgehead atoms. The van der Waals surface area contributed by atoms with E-state index in [1.807, 2.05) is 4.90 Å². The summed E-state index contributed by atoms with van der Waals surface area (Å²) in [6, 6.07) is 5.11. The molecule has 2 saturated heterocycles. The number of amides is 1. The lowest BCUT2D eigenvalue weighted by atomic mass is 9.96. The molecule has 2 aromatic rings. The molecule has 7 heteroatoms. The molecule has 4 rings (SSSR count).